The second kappa shape index (κ2) is 3.80. The van der Waals surface area contributed by atoms with Crippen molar-refractivity contribution in [2.45, 2.75) is 19.4 Å². The van der Waals surface area contributed by atoms with Crippen molar-refractivity contribution in [3.05, 3.63) is 29.8 Å². The predicted octanol–water partition coefficient (Wildman–Crippen LogP) is 1.49. The van der Waals surface area contributed by atoms with Gasteiger partial charge in [-0.15, -0.1) is 0 Å². The number of rotatable bonds is 3. The average molecular weight is 190 g/mol. The number of anilines is 1. The van der Waals surface area contributed by atoms with Gasteiger partial charge in [-0.1, -0.05) is 18.2 Å². The van der Waals surface area contributed by atoms with Gasteiger partial charge < -0.3 is 11.1 Å². The molecule has 14 heavy (non-hydrogen) atoms. The van der Waals surface area contributed by atoms with Crippen molar-refractivity contribution in [2.24, 2.45) is 11.7 Å². The van der Waals surface area contributed by atoms with E-state index in [9.17, 15) is 4.79 Å². The number of hydrogen-bond donors (Lipinski definition) is 2. The van der Waals surface area contributed by atoms with Crippen LogP contribution in [0, 0.1) is 5.92 Å². The van der Waals surface area contributed by atoms with Crippen molar-refractivity contribution < 1.29 is 4.79 Å². The van der Waals surface area contributed by atoms with Crippen molar-refractivity contribution in [1.29, 1.82) is 0 Å². The summed E-state index contributed by atoms with van der Waals surface area (Å²) in [6.07, 6.45) is 2.05. The third-order valence-corrected chi connectivity index (χ3v) is 2.44. The lowest BCUT2D eigenvalue weighted by Crippen LogP contribution is -2.15. The average Bonchev–Trinajstić information content (AvgIpc) is 3.02. The molecule has 0 atom stereocenters. The van der Waals surface area contributed by atoms with Crippen LogP contribution in [0.3, 0.4) is 0 Å². The minimum Gasteiger partial charge on any atom is -0.326 e. The highest BCUT2D eigenvalue weighted by atomic mass is 16.2. The third-order valence-electron chi connectivity index (χ3n) is 2.44. The Labute approximate surface area is 83.3 Å². The molecule has 1 aliphatic rings. The molecule has 1 aromatic rings. The Balaban J connectivity index is 2.10. The number of carbonyl (C=O) groups is 1. The van der Waals surface area contributed by atoms with E-state index in [0.29, 0.717) is 6.54 Å². The normalized spacial score (nSPS) is 15.2. The molecule has 0 aliphatic heterocycles. The lowest BCUT2D eigenvalue weighted by Gasteiger charge is -2.08. The molecule has 3 heteroatoms. The molecular weight excluding hydrogens is 176 g/mol. The topological polar surface area (TPSA) is 55.1 Å². The SMILES string of the molecule is NCc1ccccc1NC(=O)C1CC1. The van der Waals surface area contributed by atoms with Crippen molar-refractivity contribution in [3.8, 4) is 0 Å². The quantitative estimate of drug-likeness (QED) is 0.758. The van der Waals surface area contributed by atoms with E-state index in [0.717, 1.165) is 24.1 Å². The molecule has 1 aliphatic carbocycles. The summed E-state index contributed by atoms with van der Waals surface area (Å²) in [5.74, 6) is 0.367. The monoisotopic (exact) mass is 190 g/mol. The molecule has 3 N–H and O–H groups in total. The summed E-state index contributed by atoms with van der Waals surface area (Å²) in [6, 6.07) is 7.65. The third kappa shape index (κ3) is 1.93. The summed E-state index contributed by atoms with van der Waals surface area (Å²) >= 11 is 0. The zero-order chi connectivity index (χ0) is 9.97. The lowest BCUT2D eigenvalue weighted by atomic mass is 10.1. The van der Waals surface area contributed by atoms with Crippen molar-refractivity contribution in [2.75, 3.05) is 5.32 Å². The van der Waals surface area contributed by atoms with Gasteiger partial charge in [0.15, 0.2) is 0 Å². The summed E-state index contributed by atoms with van der Waals surface area (Å²) in [5, 5.41) is 2.90. The number of nitrogens with two attached hydrogens (primary N) is 1. The molecule has 1 saturated carbocycles. The molecule has 74 valence electrons. The number of nitrogens with one attached hydrogen (secondary N) is 1. The maximum absolute atomic E-state index is 11.5. The Morgan fingerprint density at radius 2 is 2.14 bits per heavy atom. The molecule has 0 unspecified atom stereocenters. The Kier molecular flexibility index (Phi) is 2.50. The molecular formula is C11H14N2O. The van der Waals surface area contributed by atoms with Gasteiger partial charge in [0.1, 0.15) is 0 Å². The van der Waals surface area contributed by atoms with Crippen LogP contribution in [0.5, 0.6) is 0 Å². The van der Waals surface area contributed by atoms with Crippen LogP contribution in [0.15, 0.2) is 24.3 Å². The highest BCUT2D eigenvalue weighted by Crippen LogP contribution is 2.30. The van der Waals surface area contributed by atoms with E-state index in [4.69, 9.17) is 5.73 Å². The van der Waals surface area contributed by atoms with Gasteiger partial charge in [-0.2, -0.15) is 0 Å². The largest absolute Gasteiger partial charge is 0.326 e. The van der Waals surface area contributed by atoms with Crippen LogP contribution in [0.1, 0.15) is 18.4 Å². The number of amides is 1. The predicted molar refractivity (Wildman–Crippen MR) is 55.7 cm³/mol. The first-order valence-corrected chi connectivity index (χ1v) is 4.90. The molecule has 0 radical (unpaired) electrons. The fraction of sp³-hybridized carbons (Fsp3) is 0.364. The molecule has 1 amide bonds. The zero-order valence-corrected chi connectivity index (χ0v) is 7.99. The first-order chi connectivity index (χ1) is 6.81. The van der Waals surface area contributed by atoms with Crippen LogP contribution in [0.25, 0.3) is 0 Å². The van der Waals surface area contributed by atoms with Crippen LogP contribution in [-0.2, 0) is 11.3 Å². The summed E-state index contributed by atoms with van der Waals surface area (Å²) < 4.78 is 0. The fourth-order valence-corrected chi connectivity index (χ4v) is 1.40. The van der Waals surface area contributed by atoms with Crippen LogP contribution >= 0.6 is 0 Å². The molecule has 0 spiro atoms. The number of para-hydroxylation sites is 1. The molecule has 0 bridgehead atoms. The summed E-state index contributed by atoms with van der Waals surface area (Å²) in [7, 11) is 0. The van der Waals surface area contributed by atoms with Gasteiger partial charge in [0.05, 0.1) is 0 Å². The first kappa shape index (κ1) is 9.21. The summed E-state index contributed by atoms with van der Waals surface area (Å²) in [5.41, 5.74) is 7.41. The van der Waals surface area contributed by atoms with Gasteiger partial charge in [0, 0.05) is 18.2 Å². The van der Waals surface area contributed by atoms with E-state index >= 15 is 0 Å². The minimum absolute atomic E-state index is 0.130. The second-order valence-electron chi connectivity index (χ2n) is 3.62. The van der Waals surface area contributed by atoms with Gasteiger partial charge in [0.25, 0.3) is 0 Å². The van der Waals surface area contributed by atoms with Gasteiger partial charge in [-0.3, -0.25) is 4.79 Å². The summed E-state index contributed by atoms with van der Waals surface area (Å²) in [4.78, 5) is 11.5. The van der Waals surface area contributed by atoms with Crippen molar-refractivity contribution >= 4 is 11.6 Å². The molecule has 0 aromatic heterocycles. The Hall–Kier alpha value is -1.35. The zero-order valence-electron chi connectivity index (χ0n) is 7.99. The maximum atomic E-state index is 11.5. The highest BCUT2D eigenvalue weighted by Gasteiger charge is 2.29. The molecule has 0 saturated heterocycles. The fourth-order valence-electron chi connectivity index (χ4n) is 1.40. The number of hydrogen-bond acceptors (Lipinski definition) is 2. The van der Waals surface area contributed by atoms with Gasteiger partial charge in [-0.05, 0) is 24.5 Å². The van der Waals surface area contributed by atoms with E-state index in [1.54, 1.807) is 0 Å². The van der Waals surface area contributed by atoms with Gasteiger partial charge in [-0.25, -0.2) is 0 Å². The number of benzene rings is 1. The van der Waals surface area contributed by atoms with E-state index < -0.39 is 0 Å². The summed E-state index contributed by atoms with van der Waals surface area (Å²) in [6.45, 7) is 0.459. The Morgan fingerprint density at radius 1 is 1.43 bits per heavy atom. The number of carbonyl (C=O) groups excluding carboxylic acids is 1. The van der Waals surface area contributed by atoms with Gasteiger partial charge >= 0.3 is 0 Å². The van der Waals surface area contributed by atoms with E-state index in [1.807, 2.05) is 24.3 Å². The lowest BCUT2D eigenvalue weighted by molar-refractivity contribution is -0.117. The van der Waals surface area contributed by atoms with Crippen LogP contribution < -0.4 is 11.1 Å². The first-order valence-electron chi connectivity index (χ1n) is 4.90. The van der Waals surface area contributed by atoms with Crippen molar-refractivity contribution in [3.63, 3.8) is 0 Å². The van der Waals surface area contributed by atoms with E-state index in [1.165, 1.54) is 0 Å². The maximum Gasteiger partial charge on any atom is 0.227 e. The van der Waals surface area contributed by atoms with Crippen molar-refractivity contribution in [1.82, 2.24) is 0 Å². The van der Waals surface area contributed by atoms with E-state index in [-0.39, 0.29) is 11.8 Å². The van der Waals surface area contributed by atoms with Crippen LogP contribution in [-0.4, -0.2) is 5.91 Å². The Morgan fingerprint density at radius 3 is 2.79 bits per heavy atom. The van der Waals surface area contributed by atoms with E-state index in [2.05, 4.69) is 5.32 Å². The smallest absolute Gasteiger partial charge is 0.227 e. The molecule has 3 nitrogen and oxygen atoms in total. The Bertz CT molecular complexity index is 345. The minimum atomic E-state index is 0.130. The van der Waals surface area contributed by atoms with Crippen LogP contribution in [0.2, 0.25) is 0 Å². The standard InChI is InChI=1S/C11H14N2O/c12-7-9-3-1-2-4-10(9)13-11(14)8-5-6-8/h1-4,8H,5-7,12H2,(H,13,14). The van der Waals surface area contributed by atoms with Gasteiger partial charge in [0.2, 0.25) is 5.91 Å². The highest BCUT2D eigenvalue weighted by molar-refractivity contribution is 5.94. The molecule has 1 fully saturated rings. The van der Waals surface area contributed by atoms with Crippen LogP contribution in [0.4, 0.5) is 5.69 Å². The molecule has 1 aromatic carbocycles. The molecule has 0 heterocycles. The second-order valence-corrected chi connectivity index (χ2v) is 3.62. The molecule has 2 rings (SSSR count).